The van der Waals surface area contributed by atoms with Crippen molar-refractivity contribution in [3.63, 3.8) is 0 Å². The first-order chi connectivity index (χ1) is 12.4. The summed E-state index contributed by atoms with van der Waals surface area (Å²) in [6.07, 6.45) is 0. The van der Waals surface area contributed by atoms with Crippen LogP contribution in [0.25, 0.3) is 10.9 Å². The predicted octanol–water partition coefficient (Wildman–Crippen LogP) is 3.12. The van der Waals surface area contributed by atoms with E-state index in [0.29, 0.717) is 10.9 Å². The number of amides is 1. The number of pyridine rings is 1. The van der Waals surface area contributed by atoms with Gasteiger partial charge in [0.05, 0.1) is 5.02 Å². The molecule has 0 saturated carbocycles. The largest absolute Gasteiger partial charge is 0.451 e. The van der Waals surface area contributed by atoms with E-state index in [0.717, 1.165) is 12.1 Å². The maximum absolute atomic E-state index is 13.1. The van der Waals surface area contributed by atoms with Gasteiger partial charge in [0.25, 0.3) is 5.91 Å². The molecule has 1 aromatic heterocycles. The van der Waals surface area contributed by atoms with Crippen LogP contribution in [0, 0.1) is 5.82 Å². The molecule has 26 heavy (non-hydrogen) atoms. The first-order valence-electron chi connectivity index (χ1n) is 7.48. The summed E-state index contributed by atoms with van der Waals surface area (Å²) in [7, 11) is 0. The highest BCUT2D eigenvalue weighted by Gasteiger charge is 2.13. The zero-order valence-corrected chi connectivity index (χ0v) is 14.0. The Morgan fingerprint density at radius 3 is 2.69 bits per heavy atom. The predicted molar refractivity (Wildman–Crippen MR) is 94.9 cm³/mol. The van der Waals surface area contributed by atoms with Crippen molar-refractivity contribution in [1.82, 2.24) is 4.98 Å². The van der Waals surface area contributed by atoms with Gasteiger partial charge in [-0.3, -0.25) is 9.59 Å². The Labute approximate surface area is 151 Å². The first-order valence-corrected chi connectivity index (χ1v) is 7.86. The Hall–Kier alpha value is -3.19. The van der Waals surface area contributed by atoms with E-state index in [1.165, 1.54) is 12.1 Å². The number of aromatic nitrogens is 1. The fraction of sp³-hybridized carbons (Fsp3) is 0.0556. The number of nitrogens with one attached hydrogen (secondary N) is 2. The Morgan fingerprint density at radius 1 is 1.15 bits per heavy atom. The number of aromatic amines is 1. The monoisotopic (exact) mass is 374 g/mol. The Kier molecular flexibility index (Phi) is 4.99. The molecule has 0 spiro atoms. The molecule has 0 radical (unpaired) electrons. The number of carbonyl (C=O) groups is 2. The topological polar surface area (TPSA) is 88.3 Å². The fourth-order valence-electron chi connectivity index (χ4n) is 2.29. The number of hydrogen-bond donors (Lipinski definition) is 2. The number of fused-ring (bicyclic) bond motifs is 1. The van der Waals surface area contributed by atoms with Crippen molar-refractivity contribution in [1.29, 1.82) is 0 Å². The summed E-state index contributed by atoms with van der Waals surface area (Å²) in [4.78, 5) is 38.7. The average molecular weight is 375 g/mol. The maximum Gasteiger partial charge on any atom is 0.355 e. The highest BCUT2D eigenvalue weighted by Crippen LogP contribution is 2.19. The van der Waals surface area contributed by atoms with Crippen LogP contribution in [0.3, 0.4) is 0 Å². The summed E-state index contributed by atoms with van der Waals surface area (Å²) < 4.78 is 18.0. The standard InChI is InChI=1S/C18H12ClFN2O4/c19-12-7-10(5-6-13(12)20)21-17(24)9-26-18(25)15-8-16(23)11-3-1-2-4-14(11)22-15/h1-8H,9H2,(H,21,24)(H,22,23). The van der Waals surface area contributed by atoms with Crippen molar-refractivity contribution in [3.8, 4) is 0 Å². The Bertz CT molecular complexity index is 1060. The summed E-state index contributed by atoms with van der Waals surface area (Å²) in [5.41, 5.74) is 0.344. The molecule has 8 heteroatoms. The van der Waals surface area contributed by atoms with Gasteiger partial charge < -0.3 is 15.0 Å². The van der Waals surface area contributed by atoms with E-state index in [9.17, 15) is 18.8 Å². The van der Waals surface area contributed by atoms with Crippen LogP contribution in [0.15, 0.2) is 53.3 Å². The second-order valence-electron chi connectivity index (χ2n) is 5.35. The summed E-state index contributed by atoms with van der Waals surface area (Å²) in [6, 6.07) is 11.5. The lowest BCUT2D eigenvalue weighted by Gasteiger charge is -2.08. The highest BCUT2D eigenvalue weighted by molar-refractivity contribution is 6.31. The van der Waals surface area contributed by atoms with Gasteiger partial charge in [-0.05, 0) is 30.3 Å². The molecule has 0 atom stereocenters. The molecule has 2 aromatic carbocycles. The van der Waals surface area contributed by atoms with Gasteiger partial charge in [0.15, 0.2) is 12.0 Å². The maximum atomic E-state index is 13.1. The number of esters is 1. The molecule has 0 saturated heterocycles. The third-order valence-electron chi connectivity index (χ3n) is 3.49. The van der Waals surface area contributed by atoms with Crippen LogP contribution >= 0.6 is 11.6 Å². The van der Waals surface area contributed by atoms with Crippen molar-refractivity contribution in [2.24, 2.45) is 0 Å². The van der Waals surface area contributed by atoms with Gasteiger partial charge in [-0.2, -0.15) is 0 Å². The molecule has 2 N–H and O–H groups in total. The number of halogens is 2. The molecule has 3 aromatic rings. The lowest BCUT2D eigenvalue weighted by Crippen LogP contribution is -2.22. The minimum atomic E-state index is -0.847. The van der Waals surface area contributed by atoms with Gasteiger partial charge in [-0.1, -0.05) is 23.7 Å². The van der Waals surface area contributed by atoms with Crippen LogP contribution in [0.2, 0.25) is 5.02 Å². The van der Waals surface area contributed by atoms with Crippen LogP contribution in [0.1, 0.15) is 10.5 Å². The van der Waals surface area contributed by atoms with E-state index in [2.05, 4.69) is 10.3 Å². The Morgan fingerprint density at radius 2 is 1.92 bits per heavy atom. The zero-order valence-electron chi connectivity index (χ0n) is 13.2. The SMILES string of the molecule is O=C(COC(=O)c1cc(=O)c2ccccc2[nH]1)Nc1ccc(F)c(Cl)c1. The van der Waals surface area contributed by atoms with E-state index in [-0.39, 0.29) is 21.8 Å². The minimum absolute atomic E-state index is 0.0636. The summed E-state index contributed by atoms with van der Waals surface area (Å²) >= 11 is 5.62. The quantitative estimate of drug-likeness (QED) is 0.687. The van der Waals surface area contributed by atoms with E-state index >= 15 is 0 Å². The lowest BCUT2D eigenvalue weighted by molar-refractivity contribution is -0.119. The van der Waals surface area contributed by atoms with Crippen LogP contribution in [-0.2, 0) is 9.53 Å². The van der Waals surface area contributed by atoms with Crippen molar-refractivity contribution in [2.45, 2.75) is 0 Å². The van der Waals surface area contributed by atoms with E-state index < -0.39 is 24.3 Å². The number of para-hydroxylation sites is 1. The highest BCUT2D eigenvalue weighted by atomic mass is 35.5. The van der Waals surface area contributed by atoms with Gasteiger partial charge in [0, 0.05) is 22.7 Å². The van der Waals surface area contributed by atoms with Crippen LogP contribution in [-0.4, -0.2) is 23.5 Å². The van der Waals surface area contributed by atoms with E-state index in [1.54, 1.807) is 24.3 Å². The second-order valence-corrected chi connectivity index (χ2v) is 5.75. The fourth-order valence-corrected chi connectivity index (χ4v) is 2.47. The number of rotatable bonds is 4. The molecule has 132 valence electrons. The average Bonchev–Trinajstić information content (AvgIpc) is 2.63. The Balaban J connectivity index is 1.65. The van der Waals surface area contributed by atoms with Gasteiger partial charge in [-0.15, -0.1) is 0 Å². The van der Waals surface area contributed by atoms with E-state index in [1.807, 2.05) is 0 Å². The second kappa shape index (κ2) is 7.37. The molecule has 0 fully saturated rings. The lowest BCUT2D eigenvalue weighted by atomic mass is 10.2. The van der Waals surface area contributed by atoms with Crippen LogP contribution in [0.4, 0.5) is 10.1 Å². The van der Waals surface area contributed by atoms with Crippen molar-refractivity contribution in [3.05, 3.63) is 75.3 Å². The van der Waals surface area contributed by atoms with Gasteiger partial charge in [0.1, 0.15) is 11.5 Å². The van der Waals surface area contributed by atoms with Crippen molar-refractivity contribution in [2.75, 3.05) is 11.9 Å². The molecule has 0 aliphatic heterocycles. The number of benzene rings is 2. The van der Waals surface area contributed by atoms with Gasteiger partial charge in [0.2, 0.25) is 0 Å². The molecule has 0 unspecified atom stereocenters. The van der Waals surface area contributed by atoms with Crippen LogP contribution < -0.4 is 10.7 Å². The van der Waals surface area contributed by atoms with Crippen molar-refractivity contribution >= 4 is 40.1 Å². The summed E-state index contributed by atoms with van der Waals surface area (Å²) in [6.45, 7) is -0.581. The smallest absolute Gasteiger partial charge is 0.355 e. The van der Waals surface area contributed by atoms with Crippen LogP contribution in [0.5, 0.6) is 0 Å². The summed E-state index contributed by atoms with van der Waals surface area (Å²) in [5, 5.41) is 2.71. The molecule has 0 bridgehead atoms. The number of H-pyrrole nitrogens is 1. The summed E-state index contributed by atoms with van der Waals surface area (Å²) in [5.74, 6) is -2.10. The van der Waals surface area contributed by atoms with E-state index in [4.69, 9.17) is 16.3 Å². The normalized spacial score (nSPS) is 10.5. The third kappa shape index (κ3) is 3.89. The molecule has 0 aliphatic rings. The number of anilines is 1. The number of hydrogen-bond acceptors (Lipinski definition) is 4. The molecule has 3 rings (SSSR count). The molecule has 0 aliphatic carbocycles. The molecule has 1 heterocycles. The number of carbonyl (C=O) groups excluding carboxylic acids is 2. The van der Waals surface area contributed by atoms with Gasteiger partial charge >= 0.3 is 5.97 Å². The minimum Gasteiger partial charge on any atom is -0.451 e. The molecule has 1 amide bonds. The molecular formula is C18H12ClFN2O4. The third-order valence-corrected chi connectivity index (χ3v) is 3.78. The molecular weight excluding hydrogens is 363 g/mol. The van der Waals surface area contributed by atoms with Gasteiger partial charge in [-0.25, -0.2) is 9.18 Å². The number of ether oxygens (including phenoxy) is 1. The molecule has 6 nitrogen and oxygen atoms in total. The zero-order chi connectivity index (χ0) is 18.7. The van der Waals surface area contributed by atoms with Crippen molar-refractivity contribution < 1.29 is 18.7 Å². The first kappa shape index (κ1) is 17.6.